The van der Waals surface area contributed by atoms with Crippen LogP contribution in [-0.2, 0) is 4.79 Å². The molecule has 0 fully saturated rings. The van der Waals surface area contributed by atoms with Gasteiger partial charge in [-0.2, -0.15) is 0 Å². The summed E-state index contributed by atoms with van der Waals surface area (Å²) in [5.74, 6) is -1.64. The van der Waals surface area contributed by atoms with Gasteiger partial charge in [-0.25, -0.2) is 4.79 Å². The van der Waals surface area contributed by atoms with Gasteiger partial charge in [-0.05, 0) is 36.8 Å². The molecule has 0 saturated heterocycles. The molecule has 0 aliphatic heterocycles. The Kier molecular flexibility index (Phi) is 5.64. The monoisotopic (exact) mass is 410 g/mol. The fraction of sp³-hybridized carbons (Fsp3) is 0.263. The van der Waals surface area contributed by atoms with Crippen LogP contribution in [0.15, 0.2) is 57.7 Å². The maximum atomic E-state index is 12.4. The molecule has 1 amide bonds. The quantitative estimate of drug-likeness (QED) is 0.652. The van der Waals surface area contributed by atoms with Gasteiger partial charge in [-0.15, -0.1) is 13.2 Å². The molecule has 2 unspecified atom stereocenters. The Morgan fingerprint density at radius 3 is 2.52 bits per heavy atom. The highest BCUT2D eigenvalue weighted by atomic mass is 19.4. The molecule has 7 nitrogen and oxygen atoms in total. The van der Waals surface area contributed by atoms with E-state index in [-0.39, 0.29) is 6.54 Å². The standard InChI is InChI=1S/C19H17F3N2O5/c1-11(24-14-4-2-3-5-16(14)28-18(24)27)17(26)23-10-15(25)12-6-8-13(9-7-12)29-19(20,21)22/h2-9,11,15,25H,10H2,1H3,(H,23,26). The van der Waals surface area contributed by atoms with Gasteiger partial charge in [0.05, 0.1) is 11.6 Å². The van der Waals surface area contributed by atoms with E-state index in [1.807, 2.05) is 0 Å². The molecule has 0 bridgehead atoms. The third kappa shape index (κ3) is 4.77. The first-order chi connectivity index (χ1) is 13.7. The van der Waals surface area contributed by atoms with Gasteiger partial charge >= 0.3 is 12.1 Å². The summed E-state index contributed by atoms with van der Waals surface area (Å²) in [4.78, 5) is 24.5. The number of para-hydroxylation sites is 2. The van der Waals surface area contributed by atoms with Crippen LogP contribution in [0.1, 0.15) is 24.6 Å². The molecule has 29 heavy (non-hydrogen) atoms. The number of fused-ring (bicyclic) bond motifs is 1. The number of carbonyl (C=O) groups is 1. The summed E-state index contributed by atoms with van der Waals surface area (Å²) < 4.78 is 46.6. The number of benzene rings is 2. The number of nitrogens with zero attached hydrogens (tertiary/aromatic N) is 1. The van der Waals surface area contributed by atoms with Gasteiger partial charge in [0, 0.05) is 6.54 Å². The highest BCUT2D eigenvalue weighted by molar-refractivity contribution is 5.82. The van der Waals surface area contributed by atoms with Crippen molar-refractivity contribution in [1.29, 1.82) is 0 Å². The van der Waals surface area contributed by atoms with Crippen molar-refractivity contribution in [1.82, 2.24) is 9.88 Å². The first-order valence-electron chi connectivity index (χ1n) is 8.57. The largest absolute Gasteiger partial charge is 0.573 e. The van der Waals surface area contributed by atoms with Crippen LogP contribution in [0.4, 0.5) is 13.2 Å². The van der Waals surface area contributed by atoms with Crippen LogP contribution in [0.3, 0.4) is 0 Å². The minimum absolute atomic E-state index is 0.201. The molecule has 2 atom stereocenters. The highest BCUT2D eigenvalue weighted by Gasteiger charge is 2.31. The number of oxazole rings is 1. The van der Waals surface area contributed by atoms with Crippen molar-refractivity contribution in [3.8, 4) is 5.75 Å². The van der Waals surface area contributed by atoms with Crippen LogP contribution >= 0.6 is 0 Å². The zero-order chi connectivity index (χ0) is 21.2. The van der Waals surface area contributed by atoms with Crippen molar-refractivity contribution in [2.24, 2.45) is 0 Å². The molecule has 2 aromatic carbocycles. The predicted octanol–water partition coefficient (Wildman–Crippen LogP) is 2.90. The first-order valence-corrected chi connectivity index (χ1v) is 8.57. The van der Waals surface area contributed by atoms with Gasteiger partial charge < -0.3 is 19.6 Å². The highest BCUT2D eigenvalue weighted by Crippen LogP contribution is 2.24. The second kappa shape index (κ2) is 8.00. The number of alkyl halides is 3. The fourth-order valence-electron chi connectivity index (χ4n) is 2.82. The zero-order valence-electron chi connectivity index (χ0n) is 15.1. The summed E-state index contributed by atoms with van der Waals surface area (Å²) >= 11 is 0. The van der Waals surface area contributed by atoms with Crippen molar-refractivity contribution < 1.29 is 32.2 Å². The molecule has 3 aromatic rings. The topological polar surface area (TPSA) is 93.7 Å². The van der Waals surface area contributed by atoms with Crippen LogP contribution in [0, 0.1) is 0 Å². The van der Waals surface area contributed by atoms with Crippen LogP contribution in [0.25, 0.3) is 11.1 Å². The number of amides is 1. The molecule has 0 spiro atoms. The number of aliphatic hydroxyl groups is 1. The van der Waals surface area contributed by atoms with Crippen molar-refractivity contribution in [2.75, 3.05) is 6.54 Å². The Morgan fingerprint density at radius 2 is 1.86 bits per heavy atom. The van der Waals surface area contributed by atoms with E-state index in [9.17, 15) is 27.9 Å². The summed E-state index contributed by atoms with van der Waals surface area (Å²) in [5, 5.41) is 12.7. The van der Waals surface area contributed by atoms with Crippen molar-refractivity contribution in [3.63, 3.8) is 0 Å². The van der Waals surface area contributed by atoms with E-state index in [0.29, 0.717) is 16.7 Å². The Morgan fingerprint density at radius 1 is 1.21 bits per heavy atom. The van der Waals surface area contributed by atoms with Crippen molar-refractivity contribution >= 4 is 17.0 Å². The smallest absolute Gasteiger partial charge is 0.408 e. The minimum Gasteiger partial charge on any atom is -0.408 e. The van der Waals surface area contributed by atoms with E-state index >= 15 is 0 Å². The number of halogens is 3. The van der Waals surface area contributed by atoms with Crippen molar-refractivity contribution in [2.45, 2.75) is 25.4 Å². The number of rotatable bonds is 6. The zero-order valence-corrected chi connectivity index (χ0v) is 15.1. The SMILES string of the molecule is CC(C(=O)NCC(O)c1ccc(OC(F)(F)F)cc1)n1c(=O)oc2ccccc21. The number of aromatic nitrogens is 1. The molecule has 0 radical (unpaired) electrons. The lowest BCUT2D eigenvalue weighted by molar-refractivity contribution is -0.274. The van der Waals surface area contributed by atoms with Gasteiger partial charge in [-0.3, -0.25) is 9.36 Å². The van der Waals surface area contributed by atoms with Gasteiger partial charge in [0.2, 0.25) is 5.91 Å². The van der Waals surface area contributed by atoms with Crippen LogP contribution in [0.2, 0.25) is 0 Å². The lowest BCUT2D eigenvalue weighted by atomic mass is 10.1. The maximum absolute atomic E-state index is 12.4. The molecular weight excluding hydrogens is 393 g/mol. The van der Waals surface area contributed by atoms with Crippen LogP contribution < -0.4 is 15.8 Å². The Labute approximate surface area is 162 Å². The molecule has 0 aliphatic carbocycles. The minimum atomic E-state index is -4.81. The Balaban J connectivity index is 1.64. The normalized spacial score (nSPS) is 13.8. The van der Waals surface area contributed by atoms with Gasteiger partial charge in [-0.1, -0.05) is 24.3 Å². The predicted molar refractivity (Wildman–Crippen MR) is 96.3 cm³/mol. The Bertz CT molecular complexity index is 1060. The Hall–Kier alpha value is -3.27. The number of aliphatic hydroxyl groups excluding tert-OH is 1. The second-order valence-electron chi connectivity index (χ2n) is 6.26. The van der Waals surface area contributed by atoms with E-state index in [1.165, 1.54) is 23.6 Å². The maximum Gasteiger partial charge on any atom is 0.573 e. The lowest BCUT2D eigenvalue weighted by Crippen LogP contribution is -2.36. The van der Waals surface area contributed by atoms with E-state index in [1.54, 1.807) is 24.3 Å². The molecular formula is C19H17F3N2O5. The van der Waals surface area contributed by atoms with E-state index in [0.717, 1.165) is 12.1 Å². The molecule has 0 aliphatic rings. The summed E-state index contributed by atoms with van der Waals surface area (Å²) in [7, 11) is 0. The fourth-order valence-corrected chi connectivity index (χ4v) is 2.82. The third-order valence-corrected chi connectivity index (χ3v) is 4.25. The van der Waals surface area contributed by atoms with E-state index in [2.05, 4.69) is 10.1 Å². The van der Waals surface area contributed by atoms with Crippen LogP contribution in [-0.4, -0.2) is 28.5 Å². The lowest BCUT2D eigenvalue weighted by Gasteiger charge is -2.16. The van der Waals surface area contributed by atoms with E-state index in [4.69, 9.17) is 4.42 Å². The molecule has 2 N–H and O–H groups in total. The molecule has 1 aromatic heterocycles. The number of hydrogen-bond acceptors (Lipinski definition) is 5. The second-order valence-corrected chi connectivity index (χ2v) is 6.26. The molecule has 154 valence electrons. The summed E-state index contributed by atoms with van der Waals surface area (Å²) in [6, 6.07) is 10.4. The van der Waals surface area contributed by atoms with Gasteiger partial charge in [0.25, 0.3) is 0 Å². The average molecular weight is 410 g/mol. The average Bonchev–Trinajstić information content (AvgIpc) is 3.00. The molecule has 10 heteroatoms. The van der Waals surface area contributed by atoms with Crippen LogP contribution in [0.5, 0.6) is 5.75 Å². The number of nitrogens with one attached hydrogen (secondary N) is 1. The molecule has 3 rings (SSSR count). The third-order valence-electron chi connectivity index (χ3n) is 4.25. The summed E-state index contributed by atoms with van der Waals surface area (Å²) in [6.07, 6.45) is -5.97. The molecule has 0 saturated carbocycles. The van der Waals surface area contributed by atoms with E-state index < -0.39 is 35.9 Å². The summed E-state index contributed by atoms with van der Waals surface area (Å²) in [5.41, 5.74) is 1.10. The number of carbonyl (C=O) groups excluding carboxylic acids is 1. The summed E-state index contributed by atoms with van der Waals surface area (Å²) in [6.45, 7) is 1.31. The number of hydrogen-bond donors (Lipinski definition) is 2. The first kappa shape index (κ1) is 20.5. The number of ether oxygens (including phenoxy) is 1. The molecule has 1 heterocycles. The van der Waals surface area contributed by atoms with Gasteiger partial charge in [0.1, 0.15) is 11.8 Å². The van der Waals surface area contributed by atoms with Crippen molar-refractivity contribution in [3.05, 3.63) is 64.6 Å². The van der Waals surface area contributed by atoms with Gasteiger partial charge in [0.15, 0.2) is 5.58 Å².